The molecule has 0 spiro atoms. The molecule has 3 rings (SSSR count). The summed E-state index contributed by atoms with van der Waals surface area (Å²) in [6.45, 7) is 0. The Bertz CT molecular complexity index is 698. The van der Waals surface area contributed by atoms with Gasteiger partial charge in [-0.15, -0.1) is 0 Å². The average molecular weight is 241 g/mol. The number of carbonyl (C=O) groups is 1. The highest BCUT2D eigenvalue weighted by Gasteiger charge is 2.09. The molecule has 0 saturated heterocycles. The van der Waals surface area contributed by atoms with Crippen molar-refractivity contribution in [2.45, 2.75) is 0 Å². The summed E-state index contributed by atoms with van der Waals surface area (Å²) in [5.74, 6) is -0.191. The fourth-order valence-corrected chi connectivity index (χ4v) is 1.81. The number of amides is 1. The molecule has 2 N–H and O–H groups in total. The summed E-state index contributed by atoms with van der Waals surface area (Å²) in [5, 5.41) is 9.24. The zero-order valence-electron chi connectivity index (χ0n) is 9.71. The summed E-state index contributed by atoms with van der Waals surface area (Å²) in [5.41, 5.74) is 3.15. The molecule has 6 nitrogen and oxygen atoms in total. The lowest BCUT2D eigenvalue weighted by atomic mass is 10.2. The smallest absolute Gasteiger partial charge is 0.271 e. The average Bonchev–Trinajstić information content (AvgIpc) is 3.05. The summed E-state index contributed by atoms with van der Waals surface area (Å²) in [4.78, 5) is 15.7. The quantitative estimate of drug-likeness (QED) is 0.705. The van der Waals surface area contributed by atoms with E-state index < -0.39 is 0 Å². The number of H-pyrrole nitrogens is 1. The van der Waals surface area contributed by atoms with Gasteiger partial charge in [0, 0.05) is 36.8 Å². The van der Waals surface area contributed by atoms with Gasteiger partial charge in [0.1, 0.15) is 11.3 Å². The first-order chi connectivity index (χ1) is 8.78. The Hall–Kier alpha value is -2.63. The fourth-order valence-electron chi connectivity index (χ4n) is 1.81. The Morgan fingerprint density at radius 3 is 2.94 bits per heavy atom. The second kappa shape index (κ2) is 3.99. The number of fused-ring (bicyclic) bond motifs is 1. The molecule has 3 aromatic heterocycles. The molecule has 1 amide bonds. The zero-order chi connectivity index (χ0) is 12.5. The molecular formula is C12H11N5O. The molecule has 6 heteroatoms. The van der Waals surface area contributed by atoms with Crippen molar-refractivity contribution in [1.82, 2.24) is 24.9 Å². The zero-order valence-corrected chi connectivity index (χ0v) is 9.71. The van der Waals surface area contributed by atoms with Crippen LogP contribution in [0.15, 0.2) is 36.9 Å². The fraction of sp³-hybridized carbons (Fsp3) is 0.0833. The molecule has 0 fully saturated rings. The minimum Gasteiger partial charge on any atom is -0.354 e. The SMILES string of the molecule is CNC(=O)c1cn2cc(-c3cn[nH]c3)ccc2n1. The van der Waals surface area contributed by atoms with Crippen molar-refractivity contribution in [2.75, 3.05) is 7.05 Å². The normalized spacial score (nSPS) is 10.7. The number of pyridine rings is 1. The number of hydrogen-bond donors (Lipinski definition) is 2. The molecule has 0 unspecified atom stereocenters. The summed E-state index contributed by atoms with van der Waals surface area (Å²) in [6.07, 6.45) is 7.19. The standard InChI is InChI=1S/C12H11N5O/c1-13-12(18)10-7-17-6-8(2-3-11(17)16-10)9-4-14-15-5-9/h2-7H,1H3,(H,13,18)(H,14,15). The van der Waals surface area contributed by atoms with E-state index in [4.69, 9.17) is 0 Å². The third kappa shape index (κ3) is 1.64. The van der Waals surface area contributed by atoms with Gasteiger partial charge >= 0.3 is 0 Å². The third-order valence-electron chi connectivity index (χ3n) is 2.74. The van der Waals surface area contributed by atoms with E-state index in [1.807, 2.05) is 28.9 Å². The third-order valence-corrected chi connectivity index (χ3v) is 2.74. The first-order valence-corrected chi connectivity index (χ1v) is 5.48. The molecule has 0 aliphatic heterocycles. The lowest BCUT2D eigenvalue weighted by molar-refractivity contribution is 0.0959. The monoisotopic (exact) mass is 241 g/mol. The van der Waals surface area contributed by atoms with Crippen LogP contribution in [0.3, 0.4) is 0 Å². The van der Waals surface area contributed by atoms with Crippen molar-refractivity contribution < 1.29 is 4.79 Å². The lowest BCUT2D eigenvalue weighted by Gasteiger charge is -1.98. The number of rotatable bonds is 2. The van der Waals surface area contributed by atoms with Crippen LogP contribution in [0.1, 0.15) is 10.5 Å². The number of nitrogens with zero attached hydrogens (tertiary/aromatic N) is 3. The predicted molar refractivity (Wildman–Crippen MR) is 66.2 cm³/mol. The van der Waals surface area contributed by atoms with Crippen molar-refractivity contribution in [3.05, 3.63) is 42.6 Å². The van der Waals surface area contributed by atoms with Crippen molar-refractivity contribution in [3.8, 4) is 11.1 Å². The minimum atomic E-state index is -0.191. The van der Waals surface area contributed by atoms with Gasteiger partial charge in [0.2, 0.25) is 0 Å². The first-order valence-electron chi connectivity index (χ1n) is 5.48. The molecule has 0 bridgehead atoms. The van der Waals surface area contributed by atoms with Gasteiger partial charge in [0.05, 0.1) is 6.20 Å². The molecule has 0 aromatic carbocycles. The maximum atomic E-state index is 11.5. The lowest BCUT2D eigenvalue weighted by Crippen LogP contribution is -2.17. The molecule has 90 valence electrons. The van der Waals surface area contributed by atoms with Crippen LogP contribution in [0.4, 0.5) is 0 Å². The van der Waals surface area contributed by atoms with E-state index in [9.17, 15) is 4.79 Å². The molecule has 3 heterocycles. The van der Waals surface area contributed by atoms with Crippen LogP contribution in [0, 0.1) is 0 Å². The van der Waals surface area contributed by atoms with Crippen LogP contribution in [0.2, 0.25) is 0 Å². The van der Waals surface area contributed by atoms with Gasteiger partial charge < -0.3 is 9.72 Å². The second-order valence-corrected chi connectivity index (χ2v) is 3.88. The topological polar surface area (TPSA) is 75.1 Å². The number of carbonyl (C=O) groups excluding carboxylic acids is 1. The maximum Gasteiger partial charge on any atom is 0.271 e. The largest absolute Gasteiger partial charge is 0.354 e. The highest BCUT2D eigenvalue weighted by atomic mass is 16.1. The molecule has 0 aliphatic carbocycles. The van der Waals surface area contributed by atoms with Gasteiger partial charge in [-0.1, -0.05) is 0 Å². The second-order valence-electron chi connectivity index (χ2n) is 3.88. The van der Waals surface area contributed by atoms with Gasteiger partial charge in [-0.2, -0.15) is 5.10 Å². The molecule has 0 aliphatic rings. The van der Waals surface area contributed by atoms with Crippen molar-refractivity contribution >= 4 is 11.6 Å². The number of aromatic nitrogens is 4. The summed E-state index contributed by atoms with van der Waals surface area (Å²) >= 11 is 0. The van der Waals surface area contributed by atoms with E-state index in [-0.39, 0.29) is 5.91 Å². The van der Waals surface area contributed by atoms with Gasteiger partial charge in [-0.05, 0) is 12.1 Å². The predicted octanol–water partition coefficient (Wildman–Crippen LogP) is 1.08. The number of imidazole rings is 1. The van der Waals surface area contributed by atoms with E-state index in [0.717, 1.165) is 16.8 Å². The van der Waals surface area contributed by atoms with Gasteiger partial charge in [0.25, 0.3) is 5.91 Å². The van der Waals surface area contributed by atoms with Crippen LogP contribution in [-0.4, -0.2) is 32.5 Å². The van der Waals surface area contributed by atoms with Gasteiger partial charge in [-0.3, -0.25) is 9.89 Å². The summed E-state index contributed by atoms with van der Waals surface area (Å²) < 4.78 is 1.83. The molecular weight excluding hydrogens is 230 g/mol. The van der Waals surface area contributed by atoms with E-state index in [1.165, 1.54) is 0 Å². The molecule has 18 heavy (non-hydrogen) atoms. The van der Waals surface area contributed by atoms with Crippen LogP contribution in [0.25, 0.3) is 16.8 Å². The minimum absolute atomic E-state index is 0.191. The van der Waals surface area contributed by atoms with E-state index in [0.29, 0.717) is 5.69 Å². The highest BCUT2D eigenvalue weighted by molar-refractivity contribution is 5.92. The molecule has 3 aromatic rings. The Morgan fingerprint density at radius 2 is 2.22 bits per heavy atom. The number of aromatic amines is 1. The summed E-state index contributed by atoms with van der Waals surface area (Å²) in [6, 6.07) is 3.82. The maximum absolute atomic E-state index is 11.5. The first kappa shape index (κ1) is 10.5. The Labute approximate surface area is 103 Å². The number of nitrogens with one attached hydrogen (secondary N) is 2. The van der Waals surface area contributed by atoms with E-state index >= 15 is 0 Å². The van der Waals surface area contributed by atoms with Crippen LogP contribution in [-0.2, 0) is 0 Å². The molecule has 0 radical (unpaired) electrons. The Morgan fingerprint density at radius 1 is 1.33 bits per heavy atom. The van der Waals surface area contributed by atoms with Crippen LogP contribution >= 0.6 is 0 Å². The molecule has 0 saturated carbocycles. The van der Waals surface area contributed by atoms with Crippen molar-refractivity contribution in [1.29, 1.82) is 0 Å². The summed E-state index contributed by atoms with van der Waals surface area (Å²) in [7, 11) is 1.59. The van der Waals surface area contributed by atoms with Gasteiger partial charge in [0.15, 0.2) is 0 Å². The van der Waals surface area contributed by atoms with Crippen LogP contribution < -0.4 is 5.32 Å². The van der Waals surface area contributed by atoms with E-state index in [1.54, 1.807) is 19.4 Å². The van der Waals surface area contributed by atoms with Crippen molar-refractivity contribution in [2.24, 2.45) is 0 Å². The van der Waals surface area contributed by atoms with Crippen LogP contribution in [0.5, 0.6) is 0 Å². The number of hydrogen-bond acceptors (Lipinski definition) is 3. The Balaban J connectivity index is 2.10. The molecule has 0 atom stereocenters. The van der Waals surface area contributed by atoms with E-state index in [2.05, 4.69) is 20.5 Å². The van der Waals surface area contributed by atoms with Crippen molar-refractivity contribution in [3.63, 3.8) is 0 Å². The Kier molecular flexibility index (Phi) is 2.33. The highest BCUT2D eigenvalue weighted by Crippen LogP contribution is 2.18. The van der Waals surface area contributed by atoms with Gasteiger partial charge in [-0.25, -0.2) is 4.98 Å².